The van der Waals surface area contributed by atoms with Crippen molar-refractivity contribution in [1.29, 1.82) is 5.26 Å². The number of nitriles is 1. The van der Waals surface area contributed by atoms with Gasteiger partial charge >= 0.3 is 0 Å². The van der Waals surface area contributed by atoms with Crippen LogP contribution in [0.3, 0.4) is 0 Å². The normalized spacial score (nSPS) is 32.8. The third kappa shape index (κ3) is 2.83. The average molecular weight is 351 g/mol. The van der Waals surface area contributed by atoms with E-state index in [0.717, 1.165) is 45.1 Å². The first-order valence-corrected chi connectivity index (χ1v) is 9.85. The summed E-state index contributed by atoms with van der Waals surface area (Å²) in [5.74, 6) is 0.267. The van der Waals surface area contributed by atoms with Crippen molar-refractivity contribution in [2.75, 3.05) is 27.2 Å². The van der Waals surface area contributed by atoms with Crippen LogP contribution in [-0.4, -0.2) is 42.9 Å². The number of carbonyl (C=O) groups is 1. The van der Waals surface area contributed by atoms with Gasteiger partial charge < -0.3 is 4.90 Å². The minimum atomic E-state index is -0.229. The Bertz CT molecular complexity index is 722. The fraction of sp³-hybridized carbons (Fsp3) is 0.636. The monoisotopic (exact) mass is 351 g/mol. The fourth-order valence-corrected chi connectivity index (χ4v) is 5.22. The highest BCUT2D eigenvalue weighted by atomic mass is 16.2. The lowest BCUT2D eigenvalue weighted by atomic mass is 9.64. The molecule has 2 saturated carbocycles. The van der Waals surface area contributed by atoms with Gasteiger partial charge in [-0.2, -0.15) is 5.26 Å². The van der Waals surface area contributed by atoms with E-state index in [1.54, 1.807) is 0 Å². The summed E-state index contributed by atoms with van der Waals surface area (Å²) in [6.07, 6.45) is 6.94. The summed E-state index contributed by atoms with van der Waals surface area (Å²) in [6.45, 7) is 1.51. The van der Waals surface area contributed by atoms with Crippen LogP contribution in [0, 0.1) is 22.2 Å². The first kappa shape index (κ1) is 17.5. The Balaban J connectivity index is 1.49. The van der Waals surface area contributed by atoms with Gasteiger partial charge in [-0.15, -0.1) is 0 Å². The van der Waals surface area contributed by atoms with Crippen molar-refractivity contribution >= 4 is 5.91 Å². The van der Waals surface area contributed by atoms with Crippen LogP contribution in [0.25, 0.3) is 0 Å². The molecule has 1 spiro atoms. The molecule has 2 aliphatic carbocycles. The Morgan fingerprint density at radius 3 is 2.27 bits per heavy atom. The van der Waals surface area contributed by atoms with Crippen LogP contribution in [0.2, 0.25) is 0 Å². The number of likely N-dealkylation sites (tertiary alicyclic amines) is 1. The lowest BCUT2D eigenvalue weighted by Gasteiger charge is -2.49. The SMILES string of the molecule is CN(C)C1(c2ccccc2)CCC2(CC1)CC(=O)N(CC1(C#N)CC1)C2. The Morgan fingerprint density at radius 2 is 1.73 bits per heavy atom. The van der Waals surface area contributed by atoms with E-state index in [1.807, 2.05) is 4.90 Å². The molecule has 1 heterocycles. The quantitative estimate of drug-likeness (QED) is 0.833. The molecule has 0 atom stereocenters. The number of carbonyl (C=O) groups excluding carboxylic acids is 1. The van der Waals surface area contributed by atoms with Crippen molar-refractivity contribution in [3.05, 3.63) is 35.9 Å². The molecule has 1 aromatic carbocycles. The van der Waals surface area contributed by atoms with Gasteiger partial charge in [0.25, 0.3) is 0 Å². The third-order valence-electron chi connectivity index (χ3n) is 7.29. The van der Waals surface area contributed by atoms with Gasteiger partial charge in [0, 0.05) is 25.0 Å². The van der Waals surface area contributed by atoms with Gasteiger partial charge in [-0.3, -0.25) is 9.69 Å². The van der Waals surface area contributed by atoms with Crippen molar-refractivity contribution in [3.8, 4) is 6.07 Å². The summed E-state index contributed by atoms with van der Waals surface area (Å²) < 4.78 is 0. The third-order valence-corrected chi connectivity index (χ3v) is 7.29. The van der Waals surface area contributed by atoms with Crippen molar-refractivity contribution in [2.45, 2.75) is 50.5 Å². The number of hydrogen-bond acceptors (Lipinski definition) is 3. The van der Waals surface area contributed by atoms with Crippen LogP contribution in [-0.2, 0) is 10.3 Å². The van der Waals surface area contributed by atoms with E-state index >= 15 is 0 Å². The van der Waals surface area contributed by atoms with Gasteiger partial charge in [0.05, 0.1) is 11.5 Å². The van der Waals surface area contributed by atoms with Crippen LogP contribution in [0.4, 0.5) is 0 Å². The second kappa shape index (κ2) is 6.09. The van der Waals surface area contributed by atoms with Gasteiger partial charge in [-0.25, -0.2) is 0 Å². The molecule has 26 heavy (non-hydrogen) atoms. The summed E-state index contributed by atoms with van der Waals surface area (Å²) in [6, 6.07) is 13.3. The predicted molar refractivity (Wildman–Crippen MR) is 101 cm³/mol. The molecule has 4 heteroatoms. The summed E-state index contributed by atoms with van der Waals surface area (Å²) >= 11 is 0. The zero-order valence-corrected chi connectivity index (χ0v) is 16.0. The van der Waals surface area contributed by atoms with E-state index in [1.165, 1.54) is 5.56 Å². The predicted octanol–water partition coefficient (Wildman–Crippen LogP) is 3.54. The van der Waals surface area contributed by atoms with Gasteiger partial charge in [0.15, 0.2) is 0 Å². The molecule has 1 aliphatic heterocycles. The molecule has 0 aromatic heterocycles. The maximum Gasteiger partial charge on any atom is 0.223 e. The first-order chi connectivity index (χ1) is 12.4. The van der Waals surface area contributed by atoms with E-state index in [-0.39, 0.29) is 22.3 Å². The largest absolute Gasteiger partial charge is 0.341 e. The molecule has 3 fully saturated rings. The summed E-state index contributed by atoms with van der Waals surface area (Å²) in [4.78, 5) is 17.0. The van der Waals surface area contributed by atoms with Crippen LogP contribution in [0.5, 0.6) is 0 Å². The molecule has 138 valence electrons. The fourth-order valence-electron chi connectivity index (χ4n) is 5.22. The smallest absolute Gasteiger partial charge is 0.223 e. The zero-order valence-electron chi connectivity index (χ0n) is 16.0. The maximum absolute atomic E-state index is 12.6. The summed E-state index contributed by atoms with van der Waals surface area (Å²) in [5.41, 5.74) is 1.36. The Hall–Kier alpha value is -1.86. The number of nitrogens with zero attached hydrogens (tertiary/aromatic N) is 3. The van der Waals surface area contributed by atoms with Crippen molar-refractivity contribution in [2.24, 2.45) is 10.8 Å². The van der Waals surface area contributed by atoms with E-state index < -0.39 is 0 Å². The summed E-state index contributed by atoms with van der Waals surface area (Å²) in [5, 5.41) is 9.37. The Labute approximate surface area is 156 Å². The van der Waals surface area contributed by atoms with Crippen LogP contribution in [0.1, 0.15) is 50.5 Å². The molecular weight excluding hydrogens is 322 g/mol. The Morgan fingerprint density at radius 1 is 1.08 bits per heavy atom. The minimum Gasteiger partial charge on any atom is -0.341 e. The lowest BCUT2D eigenvalue weighted by molar-refractivity contribution is -0.128. The molecule has 1 aromatic rings. The van der Waals surface area contributed by atoms with E-state index in [9.17, 15) is 10.1 Å². The highest BCUT2D eigenvalue weighted by Crippen LogP contribution is 2.53. The van der Waals surface area contributed by atoms with E-state index in [2.05, 4.69) is 55.4 Å². The topological polar surface area (TPSA) is 47.3 Å². The van der Waals surface area contributed by atoms with Crippen LogP contribution >= 0.6 is 0 Å². The number of amides is 1. The van der Waals surface area contributed by atoms with Crippen molar-refractivity contribution in [3.63, 3.8) is 0 Å². The van der Waals surface area contributed by atoms with E-state index in [0.29, 0.717) is 13.0 Å². The van der Waals surface area contributed by atoms with Crippen LogP contribution < -0.4 is 0 Å². The molecule has 1 saturated heterocycles. The molecule has 1 amide bonds. The molecular formula is C22H29N3O. The summed E-state index contributed by atoms with van der Waals surface area (Å²) in [7, 11) is 4.36. The molecule has 4 nitrogen and oxygen atoms in total. The number of rotatable bonds is 4. The molecule has 3 aliphatic rings. The van der Waals surface area contributed by atoms with Gasteiger partial charge in [-0.1, -0.05) is 30.3 Å². The second-order valence-electron chi connectivity index (χ2n) is 9.11. The number of benzene rings is 1. The maximum atomic E-state index is 12.6. The van der Waals surface area contributed by atoms with Gasteiger partial charge in [0.2, 0.25) is 5.91 Å². The highest BCUT2D eigenvalue weighted by molar-refractivity contribution is 5.79. The second-order valence-corrected chi connectivity index (χ2v) is 9.11. The number of hydrogen-bond donors (Lipinski definition) is 0. The van der Waals surface area contributed by atoms with Gasteiger partial charge in [0.1, 0.15) is 0 Å². The molecule has 4 rings (SSSR count). The average Bonchev–Trinajstić information content (AvgIpc) is 3.36. The molecule has 0 radical (unpaired) electrons. The van der Waals surface area contributed by atoms with Gasteiger partial charge in [-0.05, 0) is 63.6 Å². The minimum absolute atomic E-state index is 0.0767. The molecule has 0 N–H and O–H groups in total. The van der Waals surface area contributed by atoms with Crippen molar-refractivity contribution in [1.82, 2.24) is 9.80 Å². The molecule has 0 bridgehead atoms. The highest BCUT2D eigenvalue weighted by Gasteiger charge is 2.53. The standard InChI is InChI=1S/C22H29N3O/c1-24(2)22(18-6-4-3-5-7-18)12-10-20(11-13-22)14-19(26)25(16-20)17-21(15-23)8-9-21/h3-7H,8-14,16-17H2,1-2H3. The zero-order chi connectivity index (χ0) is 18.4. The Kier molecular flexibility index (Phi) is 4.11. The van der Waals surface area contributed by atoms with Crippen LogP contribution in [0.15, 0.2) is 30.3 Å². The lowest BCUT2D eigenvalue weighted by Crippen LogP contribution is -2.47. The van der Waals surface area contributed by atoms with E-state index in [4.69, 9.17) is 0 Å². The van der Waals surface area contributed by atoms with Crippen molar-refractivity contribution < 1.29 is 4.79 Å². The molecule has 0 unspecified atom stereocenters. The first-order valence-electron chi connectivity index (χ1n) is 9.85.